The van der Waals surface area contributed by atoms with Crippen LogP contribution >= 0.6 is 0 Å². The van der Waals surface area contributed by atoms with Gasteiger partial charge in [0.15, 0.2) is 5.78 Å². The molecule has 0 bridgehead atoms. The molecule has 3 aromatic carbocycles. The second-order valence-electron chi connectivity index (χ2n) is 6.42. The second kappa shape index (κ2) is 8.34. The van der Waals surface area contributed by atoms with Crippen molar-refractivity contribution in [3.05, 3.63) is 89.5 Å². The summed E-state index contributed by atoms with van der Waals surface area (Å²) in [6.07, 6.45) is 3.41. The van der Waals surface area contributed by atoms with Crippen LogP contribution in [0.5, 0.6) is 0 Å². The number of para-hydroxylation sites is 2. The predicted octanol–water partition coefficient (Wildman–Crippen LogP) is 5.59. The number of benzene rings is 3. The minimum atomic E-state index is 0.0396. The lowest BCUT2D eigenvalue weighted by molar-refractivity contribution is 0.103. The first kappa shape index (κ1) is 17.7. The summed E-state index contributed by atoms with van der Waals surface area (Å²) < 4.78 is 0. The Kier molecular flexibility index (Phi) is 5.69. The number of unbranched alkanes of at least 4 members (excludes halogenated alkanes) is 1. The number of anilines is 3. The Morgan fingerprint density at radius 2 is 1.50 bits per heavy atom. The molecule has 0 saturated heterocycles. The van der Waals surface area contributed by atoms with Crippen LogP contribution in [0.25, 0.3) is 0 Å². The Labute approximate surface area is 154 Å². The van der Waals surface area contributed by atoms with E-state index in [1.807, 2.05) is 60.7 Å². The summed E-state index contributed by atoms with van der Waals surface area (Å²) in [6.45, 7) is 2.18. The van der Waals surface area contributed by atoms with Crippen molar-refractivity contribution in [2.45, 2.75) is 26.2 Å². The van der Waals surface area contributed by atoms with Gasteiger partial charge >= 0.3 is 0 Å². The maximum absolute atomic E-state index is 12.7. The summed E-state index contributed by atoms with van der Waals surface area (Å²) in [6, 6.07) is 23.0. The summed E-state index contributed by atoms with van der Waals surface area (Å²) >= 11 is 0. The number of hydrogen-bond donors (Lipinski definition) is 2. The zero-order chi connectivity index (χ0) is 18.4. The number of aryl methyl sites for hydroxylation is 1. The normalized spacial score (nSPS) is 10.5. The highest BCUT2D eigenvalue weighted by Gasteiger charge is 2.09. The SMILES string of the molecule is CCCCc1ccc(C(=O)c2ccc(Nc3ccccc3N)cc2)cc1. The van der Waals surface area contributed by atoms with E-state index in [1.165, 1.54) is 18.4 Å². The van der Waals surface area contributed by atoms with E-state index >= 15 is 0 Å². The molecule has 0 unspecified atom stereocenters. The summed E-state index contributed by atoms with van der Waals surface area (Å²) in [7, 11) is 0. The van der Waals surface area contributed by atoms with Gasteiger partial charge in [-0.2, -0.15) is 0 Å². The lowest BCUT2D eigenvalue weighted by Crippen LogP contribution is -2.02. The number of nitrogens with one attached hydrogen (secondary N) is 1. The first-order valence-corrected chi connectivity index (χ1v) is 9.02. The first-order valence-electron chi connectivity index (χ1n) is 9.02. The van der Waals surface area contributed by atoms with Crippen LogP contribution < -0.4 is 11.1 Å². The second-order valence-corrected chi connectivity index (χ2v) is 6.42. The fourth-order valence-corrected chi connectivity index (χ4v) is 2.84. The molecule has 3 aromatic rings. The van der Waals surface area contributed by atoms with Gasteiger partial charge in [0.1, 0.15) is 0 Å². The zero-order valence-electron chi connectivity index (χ0n) is 15.0. The molecule has 0 atom stereocenters. The molecule has 3 nitrogen and oxygen atoms in total. The number of hydrogen-bond acceptors (Lipinski definition) is 3. The van der Waals surface area contributed by atoms with Crippen molar-refractivity contribution in [1.82, 2.24) is 0 Å². The van der Waals surface area contributed by atoms with Gasteiger partial charge in [0.2, 0.25) is 0 Å². The number of carbonyl (C=O) groups excluding carboxylic acids is 1. The Morgan fingerprint density at radius 1 is 0.885 bits per heavy atom. The van der Waals surface area contributed by atoms with E-state index in [0.717, 1.165) is 23.4 Å². The molecule has 0 aliphatic heterocycles. The molecule has 3 N–H and O–H groups in total. The summed E-state index contributed by atoms with van der Waals surface area (Å²) in [5, 5.41) is 3.27. The average molecular weight is 344 g/mol. The number of rotatable bonds is 7. The number of ketones is 1. The van der Waals surface area contributed by atoms with Crippen molar-refractivity contribution in [3.63, 3.8) is 0 Å². The summed E-state index contributed by atoms with van der Waals surface area (Å²) in [5.41, 5.74) is 11.1. The zero-order valence-corrected chi connectivity index (χ0v) is 15.0. The van der Waals surface area contributed by atoms with Gasteiger partial charge in [-0.05, 0) is 54.8 Å². The molecule has 0 aromatic heterocycles. The molecule has 3 heteroatoms. The molecule has 0 aliphatic rings. The number of carbonyl (C=O) groups is 1. The smallest absolute Gasteiger partial charge is 0.193 e. The van der Waals surface area contributed by atoms with Gasteiger partial charge in [-0.15, -0.1) is 0 Å². The molecular weight excluding hydrogens is 320 g/mol. The minimum absolute atomic E-state index is 0.0396. The van der Waals surface area contributed by atoms with Crippen molar-refractivity contribution in [1.29, 1.82) is 0 Å². The van der Waals surface area contributed by atoms with Crippen LogP contribution in [-0.2, 0) is 6.42 Å². The number of nitrogen functional groups attached to an aromatic ring is 1. The van der Waals surface area contributed by atoms with Crippen molar-refractivity contribution >= 4 is 22.8 Å². The highest BCUT2D eigenvalue weighted by Crippen LogP contribution is 2.23. The maximum atomic E-state index is 12.7. The van der Waals surface area contributed by atoms with Crippen molar-refractivity contribution in [2.75, 3.05) is 11.1 Å². The van der Waals surface area contributed by atoms with Crippen LogP contribution in [0.15, 0.2) is 72.8 Å². The molecule has 132 valence electrons. The van der Waals surface area contributed by atoms with E-state index in [0.29, 0.717) is 11.3 Å². The van der Waals surface area contributed by atoms with Crippen LogP contribution in [0.3, 0.4) is 0 Å². The van der Waals surface area contributed by atoms with Gasteiger partial charge in [-0.3, -0.25) is 4.79 Å². The predicted molar refractivity (Wildman–Crippen MR) is 109 cm³/mol. The van der Waals surface area contributed by atoms with E-state index in [2.05, 4.69) is 24.4 Å². The average Bonchev–Trinajstić information content (AvgIpc) is 2.68. The fraction of sp³-hybridized carbons (Fsp3) is 0.174. The van der Waals surface area contributed by atoms with E-state index < -0.39 is 0 Å². The molecule has 0 heterocycles. The molecule has 0 spiro atoms. The van der Waals surface area contributed by atoms with Gasteiger partial charge in [-0.1, -0.05) is 49.7 Å². The van der Waals surface area contributed by atoms with Crippen molar-refractivity contribution < 1.29 is 4.79 Å². The molecular formula is C23H24N2O. The van der Waals surface area contributed by atoms with Crippen LogP contribution in [-0.4, -0.2) is 5.78 Å². The largest absolute Gasteiger partial charge is 0.397 e. The third-order valence-corrected chi connectivity index (χ3v) is 4.42. The monoisotopic (exact) mass is 344 g/mol. The van der Waals surface area contributed by atoms with Crippen LogP contribution in [0.4, 0.5) is 17.1 Å². The van der Waals surface area contributed by atoms with Crippen LogP contribution in [0.2, 0.25) is 0 Å². The van der Waals surface area contributed by atoms with E-state index in [4.69, 9.17) is 5.73 Å². The van der Waals surface area contributed by atoms with Gasteiger partial charge in [0.05, 0.1) is 11.4 Å². The van der Waals surface area contributed by atoms with Crippen LogP contribution in [0.1, 0.15) is 41.3 Å². The summed E-state index contributed by atoms with van der Waals surface area (Å²) in [5.74, 6) is 0.0396. The highest BCUT2D eigenvalue weighted by molar-refractivity contribution is 6.09. The molecule has 0 aliphatic carbocycles. The van der Waals surface area contributed by atoms with Crippen molar-refractivity contribution in [3.8, 4) is 0 Å². The Morgan fingerprint density at radius 3 is 2.12 bits per heavy atom. The summed E-state index contributed by atoms with van der Waals surface area (Å²) in [4.78, 5) is 12.7. The third-order valence-electron chi connectivity index (χ3n) is 4.42. The molecule has 0 fully saturated rings. The first-order chi connectivity index (χ1) is 12.7. The van der Waals surface area contributed by atoms with Gasteiger partial charge in [0.25, 0.3) is 0 Å². The van der Waals surface area contributed by atoms with E-state index in [-0.39, 0.29) is 5.78 Å². The van der Waals surface area contributed by atoms with E-state index in [1.54, 1.807) is 0 Å². The lowest BCUT2D eigenvalue weighted by Gasteiger charge is -2.10. The van der Waals surface area contributed by atoms with Crippen molar-refractivity contribution in [2.24, 2.45) is 0 Å². The quantitative estimate of drug-likeness (QED) is 0.434. The molecule has 0 saturated carbocycles. The van der Waals surface area contributed by atoms with Crippen LogP contribution in [0, 0.1) is 0 Å². The minimum Gasteiger partial charge on any atom is -0.397 e. The molecule has 26 heavy (non-hydrogen) atoms. The van der Waals surface area contributed by atoms with Gasteiger partial charge in [-0.25, -0.2) is 0 Å². The Bertz CT molecular complexity index is 867. The maximum Gasteiger partial charge on any atom is 0.193 e. The topological polar surface area (TPSA) is 55.1 Å². The van der Waals surface area contributed by atoms with E-state index in [9.17, 15) is 4.79 Å². The Balaban J connectivity index is 1.69. The standard InChI is InChI=1S/C23H24N2O/c1-2-3-6-17-9-11-18(12-10-17)23(26)19-13-15-20(16-14-19)25-22-8-5-4-7-21(22)24/h4-5,7-16,25H,2-3,6,24H2,1H3. The van der Waals surface area contributed by atoms with Gasteiger partial charge < -0.3 is 11.1 Å². The molecule has 0 radical (unpaired) electrons. The fourth-order valence-electron chi connectivity index (χ4n) is 2.84. The molecule has 0 amide bonds. The highest BCUT2D eigenvalue weighted by atomic mass is 16.1. The lowest BCUT2D eigenvalue weighted by atomic mass is 10.0. The molecule has 3 rings (SSSR count). The Hall–Kier alpha value is -3.07. The third kappa shape index (κ3) is 4.31. The number of nitrogens with two attached hydrogens (primary N) is 1. The van der Waals surface area contributed by atoms with Gasteiger partial charge in [0, 0.05) is 16.8 Å².